The third-order valence-corrected chi connectivity index (χ3v) is 5.05. The zero-order valence-electron chi connectivity index (χ0n) is 14.3. The van der Waals surface area contributed by atoms with Crippen LogP contribution in [0.25, 0.3) is 0 Å². The van der Waals surface area contributed by atoms with Gasteiger partial charge in [-0.15, -0.1) is 0 Å². The predicted molar refractivity (Wildman–Crippen MR) is 97.7 cm³/mol. The molecule has 0 unspecified atom stereocenters. The molecule has 0 radical (unpaired) electrons. The Hall–Kier alpha value is -2.82. The summed E-state index contributed by atoms with van der Waals surface area (Å²) in [6.07, 6.45) is 2.95. The van der Waals surface area contributed by atoms with E-state index in [1.165, 1.54) is 28.8 Å². The molecule has 0 aliphatic carbocycles. The number of pyridine rings is 1. The summed E-state index contributed by atoms with van der Waals surface area (Å²) in [5.74, 6) is -0.237. The quantitative estimate of drug-likeness (QED) is 0.577. The van der Waals surface area contributed by atoms with Crippen LogP contribution in [0.5, 0.6) is 5.75 Å². The van der Waals surface area contributed by atoms with Gasteiger partial charge < -0.3 is 8.92 Å². The first-order valence-corrected chi connectivity index (χ1v) is 9.53. The van der Waals surface area contributed by atoms with Gasteiger partial charge in [-0.05, 0) is 42.0 Å². The summed E-state index contributed by atoms with van der Waals surface area (Å²) in [5.41, 5.74) is 3.28. The maximum atomic E-state index is 12.2. The van der Waals surface area contributed by atoms with Gasteiger partial charge in [0.25, 0.3) is 5.91 Å². The van der Waals surface area contributed by atoms with Crippen LogP contribution in [0.2, 0.25) is 0 Å². The molecule has 0 saturated carbocycles. The van der Waals surface area contributed by atoms with E-state index in [1.807, 2.05) is 0 Å². The van der Waals surface area contributed by atoms with Crippen LogP contribution < -0.4 is 9.61 Å². The van der Waals surface area contributed by atoms with Crippen molar-refractivity contribution in [2.24, 2.45) is 5.10 Å². The number of nitrogens with zero attached hydrogens (tertiary/aromatic N) is 3. The van der Waals surface area contributed by atoms with E-state index in [2.05, 4.69) is 15.5 Å². The van der Waals surface area contributed by atoms with Crippen LogP contribution in [0.4, 0.5) is 0 Å². The van der Waals surface area contributed by atoms with Gasteiger partial charge in [0.2, 0.25) is 0 Å². The topological polar surface area (TPSA) is 110 Å². The van der Waals surface area contributed by atoms with Crippen molar-refractivity contribution in [3.05, 3.63) is 59.9 Å². The van der Waals surface area contributed by atoms with Crippen LogP contribution >= 0.6 is 0 Å². The van der Waals surface area contributed by atoms with Crippen molar-refractivity contribution in [1.29, 1.82) is 0 Å². The monoisotopic (exact) mass is 390 g/mol. The third kappa shape index (κ3) is 5.33. The van der Waals surface area contributed by atoms with Gasteiger partial charge in [-0.25, -0.2) is 5.43 Å². The number of amides is 1. The van der Waals surface area contributed by atoms with Crippen molar-refractivity contribution >= 4 is 22.4 Å². The van der Waals surface area contributed by atoms with Crippen molar-refractivity contribution in [3.8, 4) is 5.75 Å². The molecule has 3 rings (SSSR count). The number of rotatable bonds is 6. The van der Waals surface area contributed by atoms with E-state index in [9.17, 15) is 13.2 Å². The fraction of sp³-hybridized carbons (Fsp3) is 0.235. The Balaban J connectivity index is 1.56. The number of carbonyl (C=O) groups is 1. The van der Waals surface area contributed by atoms with E-state index in [-0.39, 0.29) is 24.5 Å². The number of ether oxygens (including phenoxy) is 1. The average Bonchev–Trinajstić information content (AvgIpc) is 2.70. The number of carbonyl (C=O) groups excluding carboxylic acids is 1. The van der Waals surface area contributed by atoms with Crippen LogP contribution in [-0.2, 0) is 15.0 Å². The highest BCUT2D eigenvalue weighted by Gasteiger charge is 2.26. The molecule has 10 heteroatoms. The lowest BCUT2D eigenvalue weighted by Crippen LogP contribution is -2.42. The van der Waals surface area contributed by atoms with Gasteiger partial charge in [0.05, 0.1) is 19.4 Å². The fourth-order valence-electron chi connectivity index (χ4n) is 2.27. The van der Waals surface area contributed by atoms with Crippen molar-refractivity contribution in [2.75, 3.05) is 26.3 Å². The van der Waals surface area contributed by atoms with Crippen molar-refractivity contribution in [2.45, 2.75) is 0 Å². The summed E-state index contributed by atoms with van der Waals surface area (Å²) in [4.78, 5) is 15.7. The highest BCUT2D eigenvalue weighted by Crippen LogP contribution is 2.16. The Morgan fingerprint density at radius 3 is 2.59 bits per heavy atom. The van der Waals surface area contributed by atoms with Gasteiger partial charge >= 0.3 is 10.3 Å². The summed E-state index contributed by atoms with van der Waals surface area (Å²) in [6, 6.07) is 11.3. The number of aromatic nitrogens is 1. The molecule has 2 aromatic rings. The lowest BCUT2D eigenvalue weighted by Gasteiger charge is -2.25. The van der Waals surface area contributed by atoms with Gasteiger partial charge in [0.1, 0.15) is 11.4 Å². The minimum atomic E-state index is -3.85. The molecule has 0 bridgehead atoms. The normalized spacial score (nSPS) is 15.6. The van der Waals surface area contributed by atoms with E-state index in [1.54, 1.807) is 30.3 Å². The van der Waals surface area contributed by atoms with E-state index in [0.29, 0.717) is 18.8 Å². The maximum absolute atomic E-state index is 12.2. The molecule has 1 aliphatic rings. The second kappa shape index (κ2) is 8.71. The van der Waals surface area contributed by atoms with E-state index in [0.717, 1.165) is 0 Å². The molecule has 1 aliphatic heterocycles. The highest BCUT2D eigenvalue weighted by atomic mass is 32.2. The molecule has 1 aromatic heterocycles. The Labute approximate surface area is 156 Å². The minimum absolute atomic E-state index is 0.191. The summed E-state index contributed by atoms with van der Waals surface area (Å²) >= 11 is 0. The van der Waals surface area contributed by atoms with Crippen LogP contribution in [0.15, 0.2) is 53.8 Å². The molecule has 142 valence electrons. The van der Waals surface area contributed by atoms with Crippen LogP contribution in [0.1, 0.15) is 16.1 Å². The predicted octanol–water partition coefficient (Wildman–Crippen LogP) is 0.801. The largest absolute Gasteiger partial charge is 0.385 e. The molecule has 27 heavy (non-hydrogen) atoms. The summed E-state index contributed by atoms with van der Waals surface area (Å²) in [7, 11) is -3.85. The van der Waals surface area contributed by atoms with Crippen molar-refractivity contribution in [3.63, 3.8) is 0 Å². The van der Waals surface area contributed by atoms with Gasteiger partial charge in [-0.2, -0.15) is 17.8 Å². The smallest absolute Gasteiger partial charge is 0.379 e. The number of benzene rings is 1. The Morgan fingerprint density at radius 2 is 1.93 bits per heavy atom. The molecule has 9 nitrogen and oxygen atoms in total. The first-order valence-electron chi connectivity index (χ1n) is 8.16. The van der Waals surface area contributed by atoms with Crippen molar-refractivity contribution < 1.29 is 22.1 Å². The third-order valence-electron chi connectivity index (χ3n) is 3.65. The first kappa shape index (κ1) is 19.0. The van der Waals surface area contributed by atoms with E-state index in [4.69, 9.17) is 8.92 Å². The van der Waals surface area contributed by atoms with Gasteiger partial charge in [-0.3, -0.25) is 9.78 Å². The SMILES string of the molecule is O=C(NN=Cc1ccc(OS(=O)(=O)N2CCOCC2)cc1)c1ccccn1. The second-order valence-corrected chi connectivity index (χ2v) is 7.07. The first-order chi connectivity index (χ1) is 13.0. The molecule has 1 aromatic carbocycles. The molecule has 1 fully saturated rings. The van der Waals surface area contributed by atoms with Gasteiger partial charge in [-0.1, -0.05) is 6.07 Å². The lowest BCUT2D eigenvalue weighted by molar-refractivity contribution is 0.0698. The molecule has 1 amide bonds. The summed E-state index contributed by atoms with van der Waals surface area (Å²) in [5, 5.41) is 3.85. The molecule has 1 saturated heterocycles. The lowest BCUT2D eigenvalue weighted by atomic mass is 10.2. The Morgan fingerprint density at radius 1 is 1.19 bits per heavy atom. The van der Waals surface area contributed by atoms with E-state index < -0.39 is 16.2 Å². The summed E-state index contributed by atoms with van der Waals surface area (Å²) in [6.45, 7) is 1.23. The van der Waals surface area contributed by atoms with Gasteiger partial charge in [0, 0.05) is 19.3 Å². The standard InChI is InChI=1S/C17H18N4O5S/c22-17(16-3-1-2-8-18-16)20-19-13-14-4-6-15(7-5-14)26-27(23,24)21-9-11-25-12-10-21/h1-8,13H,9-12H2,(H,20,22). The van der Waals surface area contributed by atoms with Crippen LogP contribution in [-0.4, -0.2) is 56.1 Å². The highest BCUT2D eigenvalue weighted by molar-refractivity contribution is 7.84. The number of nitrogens with one attached hydrogen (secondary N) is 1. The van der Waals surface area contributed by atoms with Crippen LogP contribution in [0.3, 0.4) is 0 Å². The minimum Gasteiger partial charge on any atom is -0.379 e. The zero-order valence-corrected chi connectivity index (χ0v) is 15.1. The number of hydrogen-bond donors (Lipinski definition) is 1. The summed E-state index contributed by atoms with van der Waals surface area (Å²) < 4.78 is 35.9. The Kier molecular flexibility index (Phi) is 6.12. The fourth-order valence-corrected chi connectivity index (χ4v) is 3.33. The Bertz CT molecular complexity index is 895. The molecule has 0 spiro atoms. The number of hydrogen-bond acceptors (Lipinski definition) is 7. The van der Waals surface area contributed by atoms with E-state index >= 15 is 0 Å². The molecule has 2 heterocycles. The zero-order chi connectivity index (χ0) is 19.1. The molecular weight excluding hydrogens is 372 g/mol. The molecule has 0 atom stereocenters. The molecule has 1 N–H and O–H groups in total. The molecular formula is C17H18N4O5S. The van der Waals surface area contributed by atoms with Gasteiger partial charge in [0.15, 0.2) is 0 Å². The average molecular weight is 390 g/mol. The maximum Gasteiger partial charge on any atom is 0.385 e. The van der Waals surface area contributed by atoms with Crippen LogP contribution in [0, 0.1) is 0 Å². The second-order valence-electron chi connectivity index (χ2n) is 5.54. The number of morpholine rings is 1. The van der Waals surface area contributed by atoms with Crippen molar-refractivity contribution in [1.82, 2.24) is 14.7 Å². The number of hydrazone groups is 1.